The van der Waals surface area contributed by atoms with Crippen LogP contribution in [0.2, 0.25) is 0 Å². The summed E-state index contributed by atoms with van der Waals surface area (Å²) in [7, 11) is 0. The lowest BCUT2D eigenvalue weighted by Crippen LogP contribution is -1.90. The van der Waals surface area contributed by atoms with Crippen LogP contribution < -0.4 is 0 Å². The number of unbranched alkanes of at least 4 members (excludes halogenated alkanes) is 3. The summed E-state index contributed by atoms with van der Waals surface area (Å²) < 4.78 is 0. The smallest absolute Gasteiger partial charge is 0.118 e. The SMILES string of the molecule is CCCCCCc1cccc(O)c1C.Cc1ccccc1O. The molecule has 0 aliphatic heterocycles. The summed E-state index contributed by atoms with van der Waals surface area (Å²) in [5.41, 5.74) is 3.26. The number of para-hydroxylation sites is 1. The van der Waals surface area contributed by atoms with Crippen molar-refractivity contribution < 1.29 is 10.2 Å². The number of phenolic OH excluding ortho intramolecular Hbond substituents is 2. The summed E-state index contributed by atoms with van der Waals surface area (Å²) >= 11 is 0. The van der Waals surface area contributed by atoms with Crippen LogP contribution in [-0.2, 0) is 6.42 Å². The topological polar surface area (TPSA) is 40.5 Å². The van der Waals surface area contributed by atoms with Crippen LogP contribution in [0.3, 0.4) is 0 Å². The highest BCUT2D eigenvalue weighted by Crippen LogP contribution is 2.21. The molecular formula is C20H28O2. The largest absolute Gasteiger partial charge is 0.508 e. The number of benzene rings is 2. The predicted molar refractivity (Wildman–Crippen MR) is 93.5 cm³/mol. The summed E-state index contributed by atoms with van der Waals surface area (Å²) in [6, 6.07) is 13.0. The maximum Gasteiger partial charge on any atom is 0.118 e. The number of aromatic hydroxyl groups is 2. The second kappa shape index (κ2) is 9.88. The first-order chi connectivity index (χ1) is 10.6. The van der Waals surface area contributed by atoms with Gasteiger partial charge in [-0.15, -0.1) is 0 Å². The Balaban J connectivity index is 0.000000255. The average Bonchev–Trinajstić information content (AvgIpc) is 2.51. The van der Waals surface area contributed by atoms with Crippen molar-refractivity contribution in [2.75, 3.05) is 0 Å². The maximum atomic E-state index is 9.50. The Kier molecular flexibility index (Phi) is 8.13. The van der Waals surface area contributed by atoms with E-state index in [1.165, 1.54) is 31.2 Å². The van der Waals surface area contributed by atoms with Crippen LogP contribution in [0.1, 0.15) is 49.3 Å². The monoisotopic (exact) mass is 300 g/mol. The van der Waals surface area contributed by atoms with E-state index in [1.807, 2.05) is 38.1 Å². The summed E-state index contributed by atoms with van der Waals surface area (Å²) in [4.78, 5) is 0. The zero-order valence-corrected chi connectivity index (χ0v) is 14.0. The van der Waals surface area contributed by atoms with Gasteiger partial charge in [0.05, 0.1) is 0 Å². The Morgan fingerprint density at radius 3 is 2.05 bits per heavy atom. The van der Waals surface area contributed by atoms with Crippen LogP contribution in [0.25, 0.3) is 0 Å². The van der Waals surface area contributed by atoms with Gasteiger partial charge < -0.3 is 10.2 Å². The van der Waals surface area contributed by atoms with Crippen LogP contribution in [0.4, 0.5) is 0 Å². The molecule has 0 spiro atoms. The van der Waals surface area contributed by atoms with Gasteiger partial charge in [-0.1, -0.05) is 56.5 Å². The van der Waals surface area contributed by atoms with Gasteiger partial charge in [-0.05, 0) is 55.5 Å². The second-order valence-corrected chi connectivity index (χ2v) is 5.66. The molecule has 0 aliphatic rings. The molecule has 0 bridgehead atoms. The van der Waals surface area contributed by atoms with E-state index in [4.69, 9.17) is 5.11 Å². The molecule has 2 rings (SSSR count). The first-order valence-electron chi connectivity index (χ1n) is 8.08. The van der Waals surface area contributed by atoms with Gasteiger partial charge >= 0.3 is 0 Å². The molecule has 22 heavy (non-hydrogen) atoms. The lowest BCUT2D eigenvalue weighted by molar-refractivity contribution is 0.469. The third-order valence-corrected chi connectivity index (χ3v) is 3.83. The van der Waals surface area contributed by atoms with Gasteiger partial charge in [0, 0.05) is 0 Å². The zero-order chi connectivity index (χ0) is 16.4. The second-order valence-electron chi connectivity index (χ2n) is 5.66. The normalized spacial score (nSPS) is 9.95. The number of phenols is 2. The maximum absolute atomic E-state index is 9.50. The molecule has 0 amide bonds. The molecule has 0 fully saturated rings. The average molecular weight is 300 g/mol. The minimum atomic E-state index is 0.368. The molecule has 2 nitrogen and oxygen atoms in total. The fraction of sp³-hybridized carbons (Fsp3) is 0.400. The molecule has 0 saturated carbocycles. The number of rotatable bonds is 5. The van der Waals surface area contributed by atoms with Crippen molar-refractivity contribution in [3.63, 3.8) is 0 Å². The molecular weight excluding hydrogens is 272 g/mol. The van der Waals surface area contributed by atoms with Gasteiger partial charge in [0.2, 0.25) is 0 Å². The van der Waals surface area contributed by atoms with Crippen molar-refractivity contribution in [2.45, 2.75) is 52.9 Å². The van der Waals surface area contributed by atoms with E-state index >= 15 is 0 Å². The minimum absolute atomic E-state index is 0.368. The van der Waals surface area contributed by atoms with E-state index < -0.39 is 0 Å². The molecule has 0 aliphatic carbocycles. The van der Waals surface area contributed by atoms with E-state index in [0.29, 0.717) is 11.5 Å². The van der Waals surface area contributed by atoms with Crippen molar-refractivity contribution in [1.29, 1.82) is 0 Å². The van der Waals surface area contributed by atoms with Crippen LogP contribution in [-0.4, -0.2) is 10.2 Å². The quantitative estimate of drug-likeness (QED) is 0.713. The summed E-state index contributed by atoms with van der Waals surface area (Å²) in [6.07, 6.45) is 6.22. The van der Waals surface area contributed by atoms with Crippen molar-refractivity contribution >= 4 is 0 Å². The fourth-order valence-electron chi connectivity index (χ4n) is 2.25. The Morgan fingerprint density at radius 2 is 1.45 bits per heavy atom. The van der Waals surface area contributed by atoms with Gasteiger partial charge in [-0.25, -0.2) is 0 Å². The molecule has 2 aromatic carbocycles. The van der Waals surface area contributed by atoms with E-state index in [-0.39, 0.29) is 0 Å². The van der Waals surface area contributed by atoms with Crippen molar-refractivity contribution in [2.24, 2.45) is 0 Å². The molecule has 120 valence electrons. The lowest BCUT2D eigenvalue weighted by atomic mass is 10.0. The van der Waals surface area contributed by atoms with Crippen LogP contribution in [0.15, 0.2) is 42.5 Å². The molecule has 0 radical (unpaired) electrons. The highest BCUT2D eigenvalue weighted by Gasteiger charge is 2.01. The van der Waals surface area contributed by atoms with Gasteiger partial charge in [0.25, 0.3) is 0 Å². The summed E-state index contributed by atoms with van der Waals surface area (Å²) in [6.45, 7) is 6.08. The third kappa shape index (κ3) is 6.21. The molecule has 2 heteroatoms. The third-order valence-electron chi connectivity index (χ3n) is 3.83. The molecule has 2 aromatic rings. The number of hydrogen-bond acceptors (Lipinski definition) is 2. The summed E-state index contributed by atoms with van der Waals surface area (Å²) in [5, 5.41) is 18.4. The standard InChI is InChI=1S/C13H20O.C7H8O/c1-3-4-5-6-8-12-9-7-10-13(14)11(12)2;1-6-4-2-3-5-7(6)8/h7,9-10,14H,3-6,8H2,1-2H3;2-5,8H,1H3. The lowest BCUT2D eigenvalue weighted by Gasteiger charge is -2.06. The minimum Gasteiger partial charge on any atom is -0.508 e. The highest BCUT2D eigenvalue weighted by molar-refractivity contribution is 5.37. The van der Waals surface area contributed by atoms with E-state index in [9.17, 15) is 5.11 Å². The number of aryl methyl sites for hydroxylation is 2. The van der Waals surface area contributed by atoms with Crippen molar-refractivity contribution in [3.05, 3.63) is 59.2 Å². The zero-order valence-electron chi connectivity index (χ0n) is 14.0. The van der Waals surface area contributed by atoms with Crippen molar-refractivity contribution in [1.82, 2.24) is 0 Å². The Labute approximate surface area is 134 Å². The molecule has 0 saturated heterocycles. The Morgan fingerprint density at radius 1 is 0.773 bits per heavy atom. The predicted octanol–water partition coefficient (Wildman–Crippen LogP) is 5.52. The van der Waals surface area contributed by atoms with Gasteiger partial charge in [-0.2, -0.15) is 0 Å². The first-order valence-corrected chi connectivity index (χ1v) is 8.08. The number of hydrogen-bond donors (Lipinski definition) is 2. The molecule has 0 heterocycles. The van der Waals surface area contributed by atoms with Gasteiger partial charge in [0.1, 0.15) is 11.5 Å². The van der Waals surface area contributed by atoms with E-state index in [1.54, 1.807) is 12.1 Å². The molecule has 0 aromatic heterocycles. The highest BCUT2D eigenvalue weighted by atomic mass is 16.3. The Bertz CT molecular complexity index is 540. The van der Waals surface area contributed by atoms with E-state index in [0.717, 1.165) is 17.5 Å². The van der Waals surface area contributed by atoms with Crippen LogP contribution >= 0.6 is 0 Å². The van der Waals surface area contributed by atoms with Crippen molar-refractivity contribution in [3.8, 4) is 11.5 Å². The molecule has 2 N–H and O–H groups in total. The summed E-state index contributed by atoms with van der Waals surface area (Å²) in [5.74, 6) is 0.797. The van der Waals surface area contributed by atoms with Crippen LogP contribution in [0.5, 0.6) is 11.5 Å². The Hall–Kier alpha value is -1.96. The van der Waals surface area contributed by atoms with Gasteiger partial charge in [-0.3, -0.25) is 0 Å². The molecule has 0 atom stereocenters. The van der Waals surface area contributed by atoms with Gasteiger partial charge in [0.15, 0.2) is 0 Å². The molecule has 0 unspecified atom stereocenters. The van der Waals surface area contributed by atoms with Crippen LogP contribution in [0, 0.1) is 13.8 Å². The fourth-order valence-corrected chi connectivity index (χ4v) is 2.25. The van der Waals surface area contributed by atoms with E-state index in [2.05, 4.69) is 13.0 Å². The first kappa shape index (κ1) is 18.1.